The van der Waals surface area contributed by atoms with Crippen LogP contribution in [0.25, 0.3) is 0 Å². The molecular weight excluding hydrogens is 997 g/mol. The summed E-state index contributed by atoms with van der Waals surface area (Å²) in [5, 5.41) is 0. The molecule has 0 spiro atoms. The molecule has 0 amide bonds. The normalized spacial score (nSPS) is 12.8. The zero-order valence-corrected chi connectivity index (χ0v) is 53.3. The SMILES string of the molecule is CC/C=C\C/C=C\C/C=C\C/C=C\C/C=C\C/C=C\C/C=C\C/C=C\C/C=C\CCCCCCCCCC(=O)OCC(COC(=O)CCCCCCCC)OC(=O)CCCCCCCCCCCCCCCCCCCCCCCC. The Labute approximate surface area is 501 Å². The third-order valence-electron chi connectivity index (χ3n) is 14.8. The number of ether oxygens (including phenoxy) is 3. The maximum atomic E-state index is 12.9. The van der Waals surface area contributed by atoms with E-state index >= 15 is 0 Å². The van der Waals surface area contributed by atoms with Crippen LogP contribution in [0.3, 0.4) is 0 Å². The van der Waals surface area contributed by atoms with Crippen molar-refractivity contribution in [1.29, 1.82) is 0 Å². The Kier molecular flexibility index (Phi) is 65.2. The molecule has 0 aromatic carbocycles. The summed E-state index contributed by atoms with van der Waals surface area (Å²) in [6.45, 7) is 6.49. The minimum Gasteiger partial charge on any atom is -0.462 e. The zero-order chi connectivity index (χ0) is 58.5. The summed E-state index contributed by atoms with van der Waals surface area (Å²) in [5.74, 6) is -0.887. The van der Waals surface area contributed by atoms with Crippen LogP contribution in [0.2, 0.25) is 0 Å². The number of allylic oxidation sites excluding steroid dienone is 18. The number of rotatable bonds is 62. The lowest BCUT2D eigenvalue weighted by molar-refractivity contribution is -0.167. The highest BCUT2D eigenvalue weighted by molar-refractivity contribution is 5.71. The fourth-order valence-corrected chi connectivity index (χ4v) is 9.67. The number of carbonyl (C=O) groups excluding carboxylic acids is 3. The lowest BCUT2D eigenvalue weighted by atomic mass is 10.0. The standard InChI is InChI=1S/C75H128O6/c1-4-7-10-13-16-18-20-22-24-26-28-30-32-33-34-35-36-37-38-39-40-41-42-43-44-46-47-49-51-53-55-57-59-62-65-68-74(77)80-71-72(70-79-73(76)67-64-61-15-12-9-6-3)81-75(78)69-66-63-60-58-56-54-52-50-48-45-31-29-27-25-23-21-19-17-14-11-8-5-2/h7,10,16,18,22,24,28,30,33-34,36-37,39-40,42-43,46-47,72H,4-6,8-9,11-15,17,19-21,23,25-27,29,31-32,35,38,41,44-45,48-71H2,1-3H3/b10-7-,18-16-,24-22-,30-28-,34-33-,37-36-,40-39-,43-42-,47-46-. The third kappa shape index (κ3) is 66.8. The number of hydrogen-bond donors (Lipinski definition) is 0. The van der Waals surface area contributed by atoms with Gasteiger partial charge < -0.3 is 14.2 Å². The van der Waals surface area contributed by atoms with Crippen LogP contribution in [0.5, 0.6) is 0 Å². The first kappa shape index (κ1) is 77.1. The van der Waals surface area contributed by atoms with Crippen LogP contribution in [0.4, 0.5) is 0 Å². The molecule has 0 aliphatic rings. The summed E-state index contributed by atoms with van der Waals surface area (Å²) in [4.78, 5) is 38.1. The van der Waals surface area contributed by atoms with Gasteiger partial charge in [-0.05, 0) is 89.9 Å². The van der Waals surface area contributed by atoms with Gasteiger partial charge in [0.05, 0.1) is 0 Å². The van der Waals surface area contributed by atoms with E-state index < -0.39 is 6.10 Å². The number of carbonyl (C=O) groups is 3. The molecule has 0 saturated heterocycles. The van der Waals surface area contributed by atoms with E-state index in [9.17, 15) is 14.4 Å². The highest BCUT2D eigenvalue weighted by Crippen LogP contribution is 2.17. The number of unbranched alkanes of at least 4 members (excludes halogenated alkanes) is 33. The van der Waals surface area contributed by atoms with Crippen molar-refractivity contribution in [3.8, 4) is 0 Å². The van der Waals surface area contributed by atoms with Gasteiger partial charge in [0, 0.05) is 19.3 Å². The minimum absolute atomic E-state index is 0.0784. The molecule has 0 aromatic rings. The van der Waals surface area contributed by atoms with Gasteiger partial charge in [-0.15, -0.1) is 0 Å². The molecule has 0 aromatic heterocycles. The maximum Gasteiger partial charge on any atom is 0.306 e. The third-order valence-corrected chi connectivity index (χ3v) is 14.8. The Hall–Kier alpha value is -3.93. The van der Waals surface area contributed by atoms with Gasteiger partial charge >= 0.3 is 17.9 Å². The van der Waals surface area contributed by atoms with E-state index in [4.69, 9.17) is 14.2 Å². The van der Waals surface area contributed by atoms with Gasteiger partial charge in [-0.1, -0.05) is 329 Å². The molecule has 6 nitrogen and oxygen atoms in total. The molecular formula is C75H128O6. The molecule has 0 saturated carbocycles. The number of hydrogen-bond acceptors (Lipinski definition) is 6. The van der Waals surface area contributed by atoms with Crippen molar-refractivity contribution in [1.82, 2.24) is 0 Å². The van der Waals surface area contributed by atoms with E-state index in [0.717, 1.165) is 122 Å². The van der Waals surface area contributed by atoms with Crippen molar-refractivity contribution in [3.05, 3.63) is 109 Å². The zero-order valence-electron chi connectivity index (χ0n) is 53.3. The Morgan fingerprint density at radius 2 is 0.481 bits per heavy atom. The van der Waals surface area contributed by atoms with Gasteiger partial charge in [-0.3, -0.25) is 14.4 Å². The second kappa shape index (κ2) is 68.6. The molecule has 0 fully saturated rings. The first-order valence-corrected chi connectivity index (χ1v) is 34.4. The molecule has 81 heavy (non-hydrogen) atoms. The summed E-state index contributed by atoms with van der Waals surface area (Å²) in [5.41, 5.74) is 0. The predicted octanol–water partition coefficient (Wildman–Crippen LogP) is 23.8. The van der Waals surface area contributed by atoms with Crippen LogP contribution in [0.15, 0.2) is 109 Å². The molecule has 0 heterocycles. The average Bonchev–Trinajstić information content (AvgIpc) is 3.47. The van der Waals surface area contributed by atoms with Crippen LogP contribution in [0.1, 0.15) is 329 Å². The van der Waals surface area contributed by atoms with Crippen LogP contribution in [-0.2, 0) is 28.6 Å². The van der Waals surface area contributed by atoms with Crippen molar-refractivity contribution in [2.75, 3.05) is 13.2 Å². The summed E-state index contributed by atoms with van der Waals surface area (Å²) in [7, 11) is 0. The summed E-state index contributed by atoms with van der Waals surface area (Å²) in [6.07, 6.45) is 94.3. The van der Waals surface area contributed by atoms with Crippen LogP contribution in [0, 0.1) is 0 Å². The topological polar surface area (TPSA) is 78.9 Å². The van der Waals surface area contributed by atoms with Gasteiger partial charge in [0.25, 0.3) is 0 Å². The van der Waals surface area contributed by atoms with Crippen molar-refractivity contribution in [2.45, 2.75) is 335 Å². The minimum atomic E-state index is -0.779. The summed E-state index contributed by atoms with van der Waals surface area (Å²) < 4.78 is 16.8. The monoisotopic (exact) mass is 1120 g/mol. The van der Waals surface area contributed by atoms with E-state index in [0.29, 0.717) is 19.3 Å². The first-order valence-electron chi connectivity index (χ1n) is 34.4. The predicted molar refractivity (Wildman–Crippen MR) is 353 cm³/mol. The second-order valence-corrected chi connectivity index (χ2v) is 22.7. The van der Waals surface area contributed by atoms with Crippen molar-refractivity contribution in [3.63, 3.8) is 0 Å². The van der Waals surface area contributed by atoms with E-state index in [2.05, 4.69) is 130 Å². The number of esters is 3. The molecule has 0 bridgehead atoms. The fourth-order valence-electron chi connectivity index (χ4n) is 9.67. The molecule has 1 unspecified atom stereocenters. The molecule has 0 aliphatic carbocycles. The van der Waals surface area contributed by atoms with Crippen LogP contribution in [-0.4, -0.2) is 37.2 Å². The molecule has 0 rings (SSSR count). The molecule has 6 heteroatoms. The van der Waals surface area contributed by atoms with Crippen molar-refractivity contribution in [2.24, 2.45) is 0 Å². The van der Waals surface area contributed by atoms with Crippen LogP contribution < -0.4 is 0 Å². The largest absolute Gasteiger partial charge is 0.462 e. The highest BCUT2D eigenvalue weighted by Gasteiger charge is 2.19. The average molecular weight is 1130 g/mol. The lowest BCUT2D eigenvalue weighted by Crippen LogP contribution is -2.30. The maximum absolute atomic E-state index is 12.9. The van der Waals surface area contributed by atoms with Gasteiger partial charge in [-0.2, -0.15) is 0 Å². The first-order chi connectivity index (χ1) is 40.0. The van der Waals surface area contributed by atoms with Gasteiger partial charge in [0.15, 0.2) is 6.10 Å². The Morgan fingerprint density at radius 1 is 0.259 bits per heavy atom. The Morgan fingerprint density at radius 3 is 0.753 bits per heavy atom. The van der Waals surface area contributed by atoms with E-state index in [1.165, 1.54) is 167 Å². The molecule has 0 aliphatic heterocycles. The van der Waals surface area contributed by atoms with E-state index in [1.807, 2.05) is 0 Å². The summed E-state index contributed by atoms with van der Waals surface area (Å²) >= 11 is 0. The highest BCUT2D eigenvalue weighted by atomic mass is 16.6. The second-order valence-electron chi connectivity index (χ2n) is 22.7. The molecule has 464 valence electrons. The van der Waals surface area contributed by atoms with Crippen LogP contribution >= 0.6 is 0 Å². The molecule has 0 radical (unpaired) electrons. The van der Waals surface area contributed by atoms with Crippen molar-refractivity contribution < 1.29 is 28.6 Å². The van der Waals surface area contributed by atoms with Gasteiger partial charge in [0.2, 0.25) is 0 Å². The summed E-state index contributed by atoms with van der Waals surface area (Å²) in [6, 6.07) is 0. The Bertz CT molecular complexity index is 1620. The van der Waals surface area contributed by atoms with E-state index in [-0.39, 0.29) is 31.1 Å². The van der Waals surface area contributed by atoms with Gasteiger partial charge in [0.1, 0.15) is 13.2 Å². The molecule has 0 N–H and O–H groups in total. The fraction of sp³-hybridized carbons (Fsp3) is 0.720. The van der Waals surface area contributed by atoms with E-state index in [1.54, 1.807) is 0 Å². The van der Waals surface area contributed by atoms with Crippen molar-refractivity contribution >= 4 is 17.9 Å². The Balaban J connectivity index is 4.08. The lowest BCUT2D eigenvalue weighted by Gasteiger charge is -2.18. The smallest absolute Gasteiger partial charge is 0.306 e. The van der Waals surface area contributed by atoms with Gasteiger partial charge in [-0.25, -0.2) is 0 Å². The quantitative estimate of drug-likeness (QED) is 0.0261. The molecule has 1 atom stereocenters.